The zero-order chi connectivity index (χ0) is 10.9. The van der Waals surface area contributed by atoms with E-state index in [4.69, 9.17) is 11.6 Å². The van der Waals surface area contributed by atoms with Gasteiger partial charge in [-0.2, -0.15) is 0 Å². The summed E-state index contributed by atoms with van der Waals surface area (Å²) < 4.78 is 36.3. The van der Waals surface area contributed by atoms with Gasteiger partial charge in [0.2, 0.25) is 10.0 Å². The van der Waals surface area contributed by atoms with E-state index in [9.17, 15) is 17.9 Å². The SMILES string of the molecule is CS(=O)(=O)Nc1cc(F)cc(Cl)c1O. The lowest BCUT2D eigenvalue weighted by molar-refractivity contribution is 0.476. The van der Waals surface area contributed by atoms with Crippen molar-refractivity contribution in [1.29, 1.82) is 0 Å². The lowest BCUT2D eigenvalue weighted by atomic mass is 10.3. The number of halogens is 2. The second-order valence-corrected chi connectivity index (χ2v) is 4.81. The third kappa shape index (κ3) is 2.74. The van der Waals surface area contributed by atoms with Crippen molar-refractivity contribution in [1.82, 2.24) is 0 Å². The Morgan fingerprint density at radius 3 is 2.57 bits per heavy atom. The van der Waals surface area contributed by atoms with Crippen LogP contribution >= 0.6 is 11.6 Å². The molecule has 1 aromatic carbocycles. The van der Waals surface area contributed by atoms with Crippen LogP contribution in [-0.2, 0) is 10.0 Å². The summed E-state index contributed by atoms with van der Waals surface area (Å²) in [5.74, 6) is -1.24. The molecule has 2 N–H and O–H groups in total. The fraction of sp³-hybridized carbons (Fsp3) is 0.143. The van der Waals surface area contributed by atoms with E-state index >= 15 is 0 Å². The Morgan fingerprint density at radius 1 is 1.50 bits per heavy atom. The van der Waals surface area contributed by atoms with E-state index in [1.54, 1.807) is 0 Å². The Kier molecular flexibility index (Phi) is 2.86. The molecule has 14 heavy (non-hydrogen) atoms. The number of hydrogen-bond donors (Lipinski definition) is 2. The Bertz CT molecular complexity index is 460. The van der Waals surface area contributed by atoms with E-state index in [-0.39, 0.29) is 10.7 Å². The van der Waals surface area contributed by atoms with E-state index in [0.717, 1.165) is 18.4 Å². The van der Waals surface area contributed by atoms with Crippen molar-refractivity contribution < 1.29 is 17.9 Å². The fourth-order valence-electron chi connectivity index (χ4n) is 0.844. The van der Waals surface area contributed by atoms with E-state index in [2.05, 4.69) is 0 Å². The van der Waals surface area contributed by atoms with Crippen LogP contribution in [0, 0.1) is 5.82 Å². The van der Waals surface area contributed by atoms with Crippen LogP contribution in [-0.4, -0.2) is 19.8 Å². The molecule has 0 aliphatic rings. The molecular weight excluding hydrogens is 233 g/mol. The largest absolute Gasteiger partial charge is 0.504 e. The smallest absolute Gasteiger partial charge is 0.229 e. The Morgan fingerprint density at radius 2 is 2.07 bits per heavy atom. The summed E-state index contributed by atoms with van der Waals surface area (Å²) in [5.41, 5.74) is -0.280. The molecule has 0 aromatic heterocycles. The van der Waals surface area contributed by atoms with Crippen molar-refractivity contribution in [3.05, 3.63) is 23.0 Å². The van der Waals surface area contributed by atoms with Gasteiger partial charge in [-0.15, -0.1) is 0 Å². The number of anilines is 1. The predicted octanol–water partition coefficient (Wildman–Crippen LogP) is 1.56. The molecule has 4 nitrogen and oxygen atoms in total. The van der Waals surface area contributed by atoms with Crippen molar-refractivity contribution in [3.8, 4) is 5.75 Å². The van der Waals surface area contributed by atoms with E-state index in [1.807, 2.05) is 4.72 Å². The molecule has 0 radical (unpaired) electrons. The number of rotatable bonds is 2. The highest BCUT2D eigenvalue weighted by atomic mass is 35.5. The molecule has 0 saturated heterocycles. The molecule has 0 aliphatic heterocycles. The summed E-state index contributed by atoms with van der Waals surface area (Å²) >= 11 is 5.42. The molecule has 0 atom stereocenters. The molecule has 0 bridgehead atoms. The summed E-state index contributed by atoms with van der Waals surface area (Å²) in [6.45, 7) is 0. The van der Waals surface area contributed by atoms with Gasteiger partial charge in [0, 0.05) is 6.07 Å². The number of benzene rings is 1. The van der Waals surface area contributed by atoms with Crippen LogP contribution in [0.15, 0.2) is 12.1 Å². The average molecular weight is 240 g/mol. The maximum absolute atomic E-state index is 12.8. The van der Waals surface area contributed by atoms with Gasteiger partial charge in [0.1, 0.15) is 5.82 Å². The van der Waals surface area contributed by atoms with E-state index in [0.29, 0.717) is 0 Å². The first-order valence-corrected chi connectivity index (χ1v) is 5.72. The average Bonchev–Trinajstić information content (AvgIpc) is 1.96. The molecular formula is C7H7ClFNO3S. The maximum atomic E-state index is 12.8. The van der Waals surface area contributed by atoms with Crippen molar-refractivity contribution in [2.45, 2.75) is 0 Å². The fourth-order valence-corrected chi connectivity index (χ4v) is 1.60. The minimum absolute atomic E-state index is 0.254. The van der Waals surface area contributed by atoms with Crippen molar-refractivity contribution in [3.63, 3.8) is 0 Å². The lowest BCUT2D eigenvalue weighted by Gasteiger charge is -2.07. The second kappa shape index (κ2) is 3.62. The van der Waals surface area contributed by atoms with Gasteiger partial charge in [-0.05, 0) is 6.07 Å². The summed E-state index contributed by atoms with van der Waals surface area (Å²) in [6, 6.07) is 1.71. The molecule has 0 heterocycles. The van der Waals surface area contributed by atoms with Gasteiger partial charge >= 0.3 is 0 Å². The topological polar surface area (TPSA) is 66.4 Å². The van der Waals surface area contributed by atoms with Crippen LogP contribution in [0.3, 0.4) is 0 Å². The third-order valence-electron chi connectivity index (χ3n) is 1.32. The summed E-state index contributed by atoms with van der Waals surface area (Å²) in [6.07, 6.45) is 0.880. The molecule has 0 spiro atoms. The first kappa shape index (κ1) is 11.1. The normalized spacial score (nSPS) is 11.4. The summed E-state index contributed by atoms with van der Waals surface area (Å²) in [7, 11) is -3.57. The number of aromatic hydroxyl groups is 1. The molecule has 1 aromatic rings. The molecule has 0 unspecified atom stereocenters. The van der Waals surface area contributed by atoms with Crippen LogP contribution in [0.5, 0.6) is 5.75 Å². The molecule has 78 valence electrons. The number of phenols is 1. The third-order valence-corrected chi connectivity index (χ3v) is 2.20. The second-order valence-electron chi connectivity index (χ2n) is 2.66. The summed E-state index contributed by atoms with van der Waals surface area (Å²) in [5, 5.41) is 9.01. The van der Waals surface area contributed by atoms with E-state index < -0.39 is 21.6 Å². The first-order valence-electron chi connectivity index (χ1n) is 3.45. The molecule has 0 saturated carbocycles. The number of hydrogen-bond acceptors (Lipinski definition) is 3. The molecule has 0 aliphatic carbocycles. The van der Waals surface area contributed by atoms with Gasteiger partial charge in [0.15, 0.2) is 5.75 Å². The van der Waals surface area contributed by atoms with Crippen LogP contribution in [0.4, 0.5) is 10.1 Å². The van der Waals surface area contributed by atoms with Crippen molar-refractivity contribution in [2.75, 3.05) is 11.0 Å². The number of nitrogens with one attached hydrogen (secondary N) is 1. The maximum Gasteiger partial charge on any atom is 0.229 e. The molecule has 0 fully saturated rings. The molecule has 1 rings (SSSR count). The minimum Gasteiger partial charge on any atom is -0.504 e. The quantitative estimate of drug-likeness (QED) is 0.770. The lowest BCUT2D eigenvalue weighted by Crippen LogP contribution is -2.09. The number of phenolic OH excluding ortho intramolecular Hbond substituents is 1. The van der Waals surface area contributed by atoms with Crippen LogP contribution in [0.1, 0.15) is 0 Å². The molecule has 7 heteroatoms. The Hall–Kier alpha value is -1.01. The highest BCUT2D eigenvalue weighted by molar-refractivity contribution is 7.92. The van der Waals surface area contributed by atoms with Gasteiger partial charge in [0.05, 0.1) is 17.0 Å². The monoisotopic (exact) mass is 239 g/mol. The van der Waals surface area contributed by atoms with Crippen LogP contribution in [0.25, 0.3) is 0 Å². The van der Waals surface area contributed by atoms with Gasteiger partial charge < -0.3 is 5.11 Å². The van der Waals surface area contributed by atoms with Crippen molar-refractivity contribution >= 4 is 27.3 Å². The van der Waals surface area contributed by atoms with Crippen LogP contribution in [0.2, 0.25) is 5.02 Å². The predicted molar refractivity (Wildman–Crippen MR) is 51.5 cm³/mol. The summed E-state index contributed by atoms with van der Waals surface area (Å²) in [4.78, 5) is 0. The number of sulfonamides is 1. The zero-order valence-corrected chi connectivity index (χ0v) is 8.66. The Labute approximate surface area is 85.4 Å². The minimum atomic E-state index is -3.57. The zero-order valence-electron chi connectivity index (χ0n) is 7.08. The van der Waals surface area contributed by atoms with Crippen molar-refractivity contribution in [2.24, 2.45) is 0 Å². The highest BCUT2D eigenvalue weighted by Crippen LogP contribution is 2.33. The van der Waals surface area contributed by atoms with Gasteiger partial charge in [0.25, 0.3) is 0 Å². The van der Waals surface area contributed by atoms with Crippen LogP contribution < -0.4 is 4.72 Å². The van der Waals surface area contributed by atoms with Gasteiger partial charge in [-0.1, -0.05) is 11.6 Å². The van der Waals surface area contributed by atoms with E-state index in [1.165, 1.54) is 0 Å². The standard InChI is InChI=1S/C7H7ClFNO3S/c1-14(12,13)10-6-3-4(9)2-5(8)7(6)11/h2-3,10-11H,1H3. The Balaban J connectivity index is 3.22. The van der Waals surface area contributed by atoms with Gasteiger partial charge in [-0.25, -0.2) is 12.8 Å². The van der Waals surface area contributed by atoms with Gasteiger partial charge in [-0.3, -0.25) is 4.72 Å². The highest BCUT2D eigenvalue weighted by Gasteiger charge is 2.11. The first-order chi connectivity index (χ1) is 6.29. The molecule has 0 amide bonds.